The molecule has 0 N–H and O–H groups in total. The molecule has 1 aromatic carbocycles. The van der Waals surface area contributed by atoms with E-state index in [0.717, 1.165) is 22.5 Å². The lowest BCUT2D eigenvalue weighted by Crippen LogP contribution is -2.41. The highest BCUT2D eigenvalue weighted by Crippen LogP contribution is 2.36. The topological polar surface area (TPSA) is 44.5 Å². The van der Waals surface area contributed by atoms with Crippen molar-refractivity contribution >= 4 is 12.6 Å². The van der Waals surface area contributed by atoms with Crippen LogP contribution < -0.4 is 5.46 Å². The predicted molar refractivity (Wildman–Crippen MR) is 82.4 cm³/mol. The molecule has 1 aromatic heterocycles. The molecule has 0 radical (unpaired) electrons. The van der Waals surface area contributed by atoms with Crippen LogP contribution in [-0.2, 0) is 9.31 Å². The van der Waals surface area contributed by atoms with Gasteiger partial charge in [-0.2, -0.15) is 0 Å². The molecular weight excluding hydrogens is 265 g/mol. The Hall–Kier alpha value is -1.59. The van der Waals surface area contributed by atoms with Crippen molar-refractivity contribution in [3.8, 4) is 11.3 Å². The highest BCUT2D eigenvalue weighted by atomic mass is 16.7. The highest BCUT2D eigenvalue weighted by Gasteiger charge is 2.51. The number of aryl methyl sites for hydroxylation is 1. The monoisotopic (exact) mass is 285 g/mol. The maximum atomic E-state index is 6.05. The van der Waals surface area contributed by atoms with Gasteiger partial charge in [0.1, 0.15) is 0 Å². The number of rotatable bonds is 2. The summed E-state index contributed by atoms with van der Waals surface area (Å²) in [7, 11) is -0.333. The van der Waals surface area contributed by atoms with Gasteiger partial charge in [0.25, 0.3) is 0 Å². The molecule has 5 heteroatoms. The summed E-state index contributed by atoms with van der Waals surface area (Å²) < 4.78 is 17.5. The first-order chi connectivity index (χ1) is 9.80. The Kier molecular flexibility index (Phi) is 3.22. The van der Waals surface area contributed by atoms with Crippen LogP contribution in [0, 0.1) is 6.92 Å². The van der Waals surface area contributed by atoms with Crippen molar-refractivity contribution in [2.45, 2.75) is 45.8 Å². The summed E-state index contributed by atoms with van der Waals surface area (Å²) in [5.74, 6) is 0.801. The molecule has 0 bridgehead atoms. The molecule has 2 aromatic rings. The van der Waals surface area contributed by atoms with Gasteiger partial charge >= 0.3 is 7.12 Å². The molecule has 1 saturated heterocycles. The lowest BCUT2D eigenvalue weighted by molar-refractivity contribution is 0.00578. The summed E-state index contributed by atoms with van der Waals surface area (Å²) in [4.78, 5) is 4.11. The lowest BCUT2D eigenvalue weighted by Gasteiger charge is -2.32. The molecule has 2 heterocycles. The summed E-state index contributed by atoms with van der Waals surface area (Å²) in [5.41, 5.74) is 2.26. The van der Waals surface area contributed by atoms with Crippen LogP contribution in [-0.4, -0.2) is 23.3 Å². The number of benzene rings is 1. The molecule has 4 nitrogen and oxygen atoms in total. The van der Waals surface area contributed by atoms with Crippen molar-refractivity contribution in [3.05, 3.63) is 36.4 Å². The lowest BCUT2D eigenvalue weighted by atomic mass is 9.79. The van der Waals surface area contributed by atoms with Crippen molar-refractivity contribution in [2.24, 2.45) is 0 Å². The zero-order chi connectivity index (χ0) is 15.3. The Morgan fingerprint density at radius 2 is 1.52 bits per heavy atom. The maximum absolute atomic E-state index is 6.05. The first kappa shape index (κ1) is 14.4. The minimum Gasteiger partial charge on any atom is -0.443 e. The molecule has 0 saturated carbocycles. The van der Waals surface area contributed by atoms with Crippen LogP contribution in [0.3, 0.4) is 0 Å². The summed E-state index contributed by atoms with van der Waals surface area (Å²) in [6, 6.07) is 8.04. The molecule has 1 fully saturated rings. The first-order valence-electron chi connectivity index (χ1n) is 7.16. The van der Waals surface area contributed by atoms with Crippen LogP contribution in [0.25, 0.3) is 11.3 Å². The van der Waals surface area contributed by atoms with Gasteiger partial charge in [-0.05, 0) is 40.1 Å². The number of hydrogen-bond donors (Lipinski definition) is 0. The molecular formula is C16H20BNO3. The first-order valence-corrected chi connectivity index (χ1v) is 7.16. The van der Waals surface area contributed by atoms with Crippen LogP contribution >= 0.6 is 0 Å². The van der Waals surface area contributed by atoms with E-state index in [1.165, 1.54) is 6.39 Å². The molecule has 21 heavy (non-hydrogen) atoms. The SMILES string of the molecule is Cc1ncoc1-c1ccc(B2OC(C)(C)C(C)(C)O2)cc1. The van der Waals surface area contributed by atoms with Gasteiger partial charge in [-0.3, -0.25) is 0 Å². The molecule has 0 unspecified atom stereocenters. The summed E-state index contributed by atoms with van der Waals surface area (Å²) in [6.07, 6.45) is 1.47. The minimum absolute atomic E-state index is 0.322. The standard InChI is InChI=1S/C16H20BNO3/c1-11-14(19-10-18-11)12-6-8-13(9-7-12)17-20-15(2,3)16(4,5)21-17/h6-10H,1-5H3. The minimum atomic E-state index is -0.333. The Labute approximate surface area is 125 Å². The number of aromatic nitrogens is 1. The van der Waals surface area contributed by atoms with E-state index in [0.29, 0.717) is 0 Å². The molecule has 0 amide bonds. The van der Waals surface area contributed by atoms with Gasteiger partial charge in [0, 0.05) is 5.56 Å². The molecule has 0 aliphatic carbocycles. The largest absolute Gasteiger partial charge is 0.494 e. The Morgan fingerprint density at radius 1 is 0.952 bits per heavy atom. The van der Waals surface area contributed by atoms with Crippen LogP contribution in [0.2, 0.25) is 0 Å². The zero-order valence-electron chi connectivity index (χ0n) is 13.1. The van der Waals surface area contributed by atoms with Gasteiger partial charge in [-0.25, -0.2) is 4.98 Å². The Bertz CT molecular complexity index is 630. The van der Waals surface area contributed by atoms with Crippen LogP contribution in [0.1, 0.15) is 33.4 Å². The fraction of sp³-hybridized carbons (Fsp3) is 0.438. The summed E-state index contributed by atoms with van der Waals surface area (Å²) >= 11 is 0. The van der Waals surface area contributed by atoms with Crippen molar-refractivity contribution in [1.29, 1.82) is 0 Å². The van der Waals surface area contributed by atoms with Crippen LogP contribution in [0.4, 0.5) is 0 Å². The van der Waals surface area contributed by atoms with E-state index < -0.39 is 0 Å². The van der Waals surface area contributed by atoms with Crippen molar-refractivity contribution in [2.75, 3.05) is 0 Å². The van der Waals surface area contributed by atoms with Gasteiger partial charge < -0.3 is 13.7 Å². The Balaban J connectivity index is 1.85. The maximum Gasteiger partial charge on any atom is 0.494 e. The van der Waals surface area contributed by atoms with Crippen LogP contribution in [0.5, 0.6) is 0 Å². The molecule has 1 aliphatic rings. The average molecular weight is 285 g/mol. The number of oxazole rings is 1. The molecule has 1 aliphatic heterocycles. The second-order valence-electron chi connectivity index (χ2n) is 6.48. The van der Waals surface area contributed by atoms with E-state index in [1.54, 1.807) is 0 Å². The highest BCUT2D eigenvalue weighted by molar-refractivity contribution is 6.62. The zero-order valence-corrected chi connectivity index (χ0v) is 13.1. The second-order valence-corrected chi connectivity index (χ2v) is 6.48. The second kappa shape index (κ2) is 4.72. The third-order valence-corrected chi connectivity index (χ3v) is 4.44. The average Bonchev–Trinajstić information content (AvgIpc) is 2.92. The predicted octanol–water partition coefficient (Wildman–Crippen LogP) is 2.95. The smallest absolute Gasteiger partial charge is 0.443 e. The van der Waals surface area contributed by atoms with Gasteiger partial charge in [0.2, 0.25) is 0 Å². The molecule has 110 valence electrons. The molecule has 3 rings (SSSR count). The summed E-state index contributed by atoms with van der Waals surface area (Å²) in [5, 5.41) is 0. The Morgan fingerprint density at radius 3 is 2.00 bits per heavy atom. The fourth-order valence-corrected chi connectivity index (χ4v) is 2.35. The van der Waals surface area contributed by atoms with E-state index >= 15 is 0 Å². The van der Waals surface area contributed by atoms with Crippen LogP contribution in [0.15, 0.2) is 35.1 Å². The van der Waals surface area contributed by atoms with Crippen molar-refractivity contribution < 1.29 is 13.7 Å². The van der Waals surface area contributed by atoms with E-state index in [9.17, 15) is 0 Å². The van der Waals surface area contributed by atoms with Gasteiger partial charge in [0.05, 0.1) is 16.9 Å². The number of nitrogens with zero attached hydrogens (tertiary/aromatic N) is 1. The van der Waals surface area contributed by atoms with E-state index in [2.05, 4.69) is 32.7 Å². The third kappa shape index (κ3) is 2.41. The molecule has 0 spiro atoms. The van der Waals surface area contributed by atoms with Gasteiger partial charge in [-0.1, -0.05) is 24.3 Å². The third-order valence-electron chi connectivity index (χ3n) is 4.44. The fourth-order valence-electron chi connectivity index (χ4n) is 2.35. The van der Waals surface area contributed by atoms with E-state index in [-0.39, 0.29) is 18.3 Å². The van der Waals surface area contributed by atoms with Gasteiger partial charge in [0.15, 0.2) is 12.2 Å². The summed E-state index contributed by atoms with van der Waals surface area (Å²) in [6.45, 7) is 10.2. The van der Waals surface area contributed by atoms with Crippen molar-refractivity contribution in [3.63, 3.8) is 0 Å². The van der Waals surface area contributed by atoms with E-state index in [4.69, 9.17) is 13.7 Å². The van der Waals surface area contributed by atoms with Crippen molar-refractivity contribution in [1.82, 2.24) is 4.98 Å². The molecule has 0 atom stereocenters. The number of hydrogen-bond acceptors (Lipinski definition) is 4. The quantitative estimate of drug-likeness (QED) is 0.796. The van der Waals surface area contributed by atoms with E-state index in [1.807, 2.05) is 31.2 Å². The normalized spacial score (nSPS) is 20.0. The van der Waals surface area contributed by atoms with Gasteiger partial charge in [-0.15, -0.1) is 0 Å².